The normalized spacial score (nSPS) is 10.2. The molecule has 0 spiro atoms. The van der Waals surface area contributed by atoms with Crippen molar-refractivity contribution in [3.63, 3.8) is 0 Å². The van der Waals surface area contributed by atoms with Crippen molar-refractivity contribution in [1.82, 2.24) is 0 Å². The minimum absolute atomic E-state index is 0.147. The average molecular weight is 246 g/mol. The lowest BCUT2D eigenvalue weighted by atomic mass is 10.2. The van der Waals surface area contributed by atoms with E-state index in [9.17, 15) is 0 Å². The second kappa shape index (κ2) is 6.58. The van der Waals surface area contributed by atoms with Crippen molar-refractivity contribution in [2.24, 2.45) is 5.73 Å². The van der Waals surface area contributed by atoms with Crippen molar-refractivity contribution < 1.29 is 14.2 Å². The van der Waals surface area contributed by atoms with Gasteiger partial charge >= 0.3 is 0 Å². The summed E-state index contributed by atoms with van der Waals surface area (Å²) >= 11 is 6.05. The molecule has 0 aliphatic heterocycles. The first-order valence-electron chi connectivity index (χ1n) is 5.00. The molecule has 0 fully saturated rings. The van der Waals surface area contributed by atoms with E-state index < -0.39 is 0 Å². The number of benzene rings is 1. The van der Waals surface area contributed by atoms with Gasteiger partial charge in [0.05, 0.1) is 12.1 Å². The Morgan fingerprint density at radius 2 is 2.12 bits per heavy atom. The fraction of sp³-hybridized carbons (Fsp3) is 0.455. The van der Waals surface area contributed by atoms with Gasteiger partial charge in [-0.15, -0.1) is 0 Å². The van der Waals surface area contributed by atoms with Crippen LogP contribution in [0, 0.1) is 0 Å². The highest BCUT2D eigenvalue weighted by Crippen LogP contribution is 2.36. The fourth-order valence-electron chi connectivity index (χ4n) is 1.22. The SMILES string of the molecule is CCOCOc1c(Cl)cc(CN)cc1OC. The summed E-state index contributed by atoms with van der Waals surface area (Å²) in [6.45, 7) is 3.02. The third kappa shape index (κ3) is 3.27. The first kappa shape index (κ1) is 13.1. The number of rotatable bonds is 6. The molecule has 1 aromatic carbocycles. The molecular weight excluding hydrogens is 230 g/mol. The lowest BCUT2D eigenvalue weighted by molar-refractivity contribution is 0.0209. The second-order valence-corrected chi connectivity index (χ2v) is 3.48. The monoisotopic (exact) mass is 245 g/mol. The summed E-state index contributed by atoms with van der Waals surface area (Å²) < 4.78 is 15.6. The molecule has 0 unspecified atom stereocenters. The largest absolute Gasteiger partial charge is 0.493 e. The average Bonchev–Trinajstić information content (AvgIpc) is 2.30. The highest BCUT2D eigenvalue weighted by Gasteiger charge is 2.11. The Labute approximate surface area is 100 Å². The molecule has 0 aliphatic carbocycles. The lowest BCUT2D eigenvalue weighted by Crippen LogP contribution is -2.05. The molecule has 1 aromatic rings. The first-order valence-corrected chi connectivity index (χ1v) is 5.37. The maximum Gasteiger partial charge on any atom is 0.189 e. The predicted molar refractivity (Wildman–Crippen MR) is 63.0 cm³/mol. The number of ether oxygens (including phenoxy) is 3. The van der Waals surface area contributed by atoms with Gasteiger partial charge in [-0.05, 0) is 24.6 Å². The minimum Gasteiger partial charge on any atom is -0.493 e. The molecule has 0 heterocycles. The number of hydrogen-bond acceptors (Lipinski definition) is 4. The highest BCUT2D eigenvalue weighted by atomic mass is 35.5. The van der Waals surface area contributed by atoms with Crippen molar-refractivity contribution in [2.75, 3.05) is 20.5 Å². The molecule has 0 amide bonds. The lowest BCUT2D eigenvalue weighted by Gasteiger charge is -2.13. The Kier molecular flexibility index (Phi) is 5.38. The molecule has 90 valence electrons. The van der Waals surface area contributed by atoms with Gasteiger partial charge < -0.3 is 19.9 Å². The van der Waals surface area contributed by atoms with Gasteiger partial charge in [0.15, 0.2) is 18.3 Å². The Bertz CT molecular complexity index is 344. The van der Waals surface area contributed by atoms with Gasteiger partial charge in [-0.25, -0.2) is 0 Å². The van der Waals surface area contributed by atoms with Crippen LogP contribution in [0.25, 0.3) is 0 Å². The van der Waals surface area contributed by atoms with Crippen LogP contribution in [0.2, 0.25) is 5.02 Å². The molecule has 0 aromatic heterocycles. The van der Waals surface area contributed by atoms with Crippen molar-refractivity contribution >= 4 is 11.6 Å². The maximum atomic E-state index is 6.05. The summed E-state index contributed by atoms with van der Waals surface area (Å²) in [7, 11) is 1.56. The van der Waals surface area contributed by atoms with E-state index in [0.29, 0.717) is 29.7 Å². The highest BCUT2D eigenvalue weighted by molar-refractivity contribution is 6.32. The van der Waals surface area contributed by atoms with Gasteiger partial charge in [0.1, 0.15) is 0 Å². The Hall–Kier alpha value is -0.970. The van der Waals surface area contributed by atoms with Gasteiger partial charge in [-0.3, -0.25) is 0 Å². The molecule has 16 heavy (non-hydrogen) atoms. The molecule has 1 rings (SSSR count). The Balaban J connectivity index is 2.88. The van der Waals surface area contributed by atoms with E-state index in [1.165, 1.54) is 0 Å². The fourth-order valence-corrected chi connectivity index (χ4v) is 1.50. The van der Waals surface area contributed by atoms with E-state index in [-0.39, 0.29) is 6.79 Å². The third-order valence-corrected chi connectivity index (χ3v) is 2.30. The summed E-state index contributed by atoms with van der Waals surface area (Å²) in [5.74, 6) is 1.04. The number of methoxy groups -OCH3 is 1. The van der Waals surface area contributed by atoms with Crippen molar-refractivity contribution in [1.29, 1.82) is 0 Å². The molecule has 5 heteroatoms. The van der Waals surface area contributed by atoms with E-state index in [4.69, 9.17) is 31.5 Å². The van der Waals surface area contributed by atoms with Crippen LogP contribution in [-0.2, 0) is 11.3 Å². The smallest absolute Gasteiger partial charge is 0.189 e. The quantitative estimate of drug-likeness (QED) is 0.617. The maximum absolute atomic E-state index is 6.05. The zero-order chi connectivity index (χ0) is 12.0. The Morgan fingerprint density at radius 3 is 2.69 bits per heavy atom. The van der Waals surface area contributed by atoms with Gasteiger partial charge in [0.25, 0.3) is 0 Å². The molecule has 0 atom stereocenters. The number of nitrogens with two attached hydrogens (primary N) is 1. The first-order chi connectivity index (χ1) is 7.72. The van der Waals surface area contributed by atoms with Gasteiger partial charge in [-0.2, -0.15) is 0 Å². The van der Waals surface area contributed by atoms with Crippen LogP contribution in [-0.4, -0.2) is 20.5 Å². The van der Waals surface area contributed by atoms with Crippen LogP contribution in [0.15, 0.2) is 12.1 Å². The number of hydrogen-bond donors (Lipinski definition) is 1. The van der Waals surface area contributed by atoms with E-state index >= 15 is 0 Å². The molecule has 0 radical (unpaired) electrons. The van der Waals surface area contributed by atoms with Crippen LogP contribution in [0.3, 0.4) is 0 Å². The zero-order valence-corrected chi connectivity index (χ0v) is 10.2. The summed E-state index contributed by atoms with van der Waals surface area (Å²) in [6.07, 6.45) is 0. The molecule has 0 bridgehead atoms. The van der Waals surface area contributed by atoms with E-state index in [2.05, 4.69) is 0 Å². The van der Waals surface area contributed by atoms with Crippen LogP contribution < -0.4 is 15.2 Å². The van der Waals surface area contributed by atoms with Crippen molar-refractivity contribution in [2.45, 2.75) is 13.5 Å². The van der Waals surface area contributed by atoms with E-state index in [0.717, 1.165) is 5.56 Å². The van der Waals surface area contributed by atoms with Crippen LogP contribution in [0.5, 0.6) is 11.5 Å². The minimum atomic E-state index is 0.147. The van der Waals surface area contributed by atoms with E-state index in [1.807, 2.05) is 6.92 Å². The van der Waals surface area contributed by atoms with Gasteiger partial charge in [0, 0.05) is 13.2 Å². The summed E-state index contributed by atoms with van der Waals surface area (Å²) in [5.41, 5.74) is 6.43. The predicted octanol–water partition coefficient (Wildman–Crippen LogP) is 2.18. The summed E-state index contributed by atoms with van der Waals surface area (Å²) in [4.78, 5) is 0. The van der Waals surface area contributed by atoms with Crippen LogP contribution in [0.1, 0.15) is 12.5 Å². The summed E-state index contributed by atoms with van der Waals surface area (Å²) in [5, 5.41) is 0.472. The van der Waals surface area contributed by atoms with Gasteiger partial charge in [0.2, 0.25) is 0 Å². The second-order valence-electron chi connectivity index (χ2n) is 3.07. The topological polar surface area (TPSA) is 53.7 Å². The molecule has 0 saturated carbocycles. The molecule has 2 N–H and O–H groups in total. The van der Waals surface area contributed by atoms with Crippen molar-refractivity contribution in [3.8, 4) is 11.5 Å². The van der Waals surface area contributed by atoms with Crippen LogP contribution >= 0.6 is 11.6 Å². The zero-order valence-electron chi connectivity index (χ0n) is 9.46. The van der Waals surface area contributed by atoms with E-state index in [1.54, 1.807) is 19.2 Å². The van der Waals surface area contributed by atoms with Crippen molar-refractivity contribution in [3.05, 3.63) is 22.7 Å². The third-order valence-electron chi connectivity index (χ3n) is 2.02. The molecule has 0 aliphatic rings. The summed E-state index contributed by atoms with van der Waals surface area (Å²) in [6, 6.07) is 3.55. The van der Waals surface area contributed by atoms with Crippen LogP contribution in [0.4, 0.5) is 0 Å². The number of halogens is 1. The standard InChI is InChI=1S/C11H16ClNO3/c1-3-15-7-16-11-9(12)4-8(6-13)5-10(11)14-2/h4-5H,3,6-7,13H2,1-2H3. The molecule has 4 nitrogen and oxygen atoms in total. The molecular formula is C11H16ClNO3. The Morgan fingerprint density at radius 1 is 1.38 bits per heavy atom. The molecule has 0 saturated heterocycles. The van der Waals surface area contributed by atoms with Gasteiger partial charge in [-0.1, -0.05) is 11.6 Å².